The zero-order valence-corrected chi connectivity index (χ0v) is 23.3. The predicted octanol–water partition coefficient (Wildman–Crippen LogP) is 6.37. The first-order valence-corrected chi connectivity index (χ1v) is 12.8. The molecule has 0 atom stereocenters. The summed E-state index contributed by atoms with van der Waals surface area (Å²) in [4.78, 5) is 22.5. The second kappa shape index (κ2) is 12.6. The lowest BCUT2D eigenvalue weighted by Crippen LogP contribution is -2.14. The Hall–Kier alpha value is -2.57. The normalized spacial score (nSPS) is 12.1. The summed E-state index contributed by atoms with van der Waals surface area (Å²) in [7, 11) is 0. The van der Waals surface area contributed by atoms with Crippen molar-refractivity contribution in [3.63, 3.8) is 0 Å². The van der Waals surface area contributed by atoms with Gasteiger partial charge in [0.2, 0.25) is 0 Å². The molecule has 0 fully saturated rings. The Morgan fingerprint density at radius 3 is 1.69 bits per heavy atom. The number of ether oxygens (including phenoxy) is 1. The minimum atomic E-state index is -0.293. The van der Waals surface area contributed by atoms with E-state index in [1.165, 1.54) is 0 Å². The smallest absolute Gasteiger partial charge is 0.306 e. The van der Waals surface area contributed by atoms with Gasteiger partial charge in [-0.1, -0.05) is 65.8 Å². The molecule has 2 rings (SSSR count). The van der Waals surface area contributed by atoms with Crippen LogP contribution in [-0.2, 0) is 43.0 Å². The number of esters is 1. The first-order valence-electron chi connectivity index (χ1n) is 12.8. The van der Waals surface area contributed by atoms with Crippen LogP contribution in [0, 0.1) is 13.8 Å². The van der Waals surface area contributed by atoms with Crippen LogP contribution in [0.4, 0.5) is 0 Å². The SMILES string of the molecule is Cc1cc(CCCOOCCOC(=O)CCc2cc(C)c(O)c(C(C)(C)C)c2)cc(C(C)(C)C)c1O. The number of carbonyl (C=O) groups excluding carboxylic acids is 1. The molecule has 200 valence electrons. The Morgan fingerprint density at radius 1 is 0.722 bits per heavy atom. The largest absolute Gasteiger partial charge is 0.507 e. The third-order valence-electron chi connectivity index (χ3n) is 6.16. The molecule has 0 unspecified atom stereocenters. The van der Waals surface area contributed by atoms with Crippen molar-refractivity contribution >= 4 is 5.97 Å². The molecule has 2 N–H and O–H groups in total. The molecule has 0 heterocycles. The van der Waals surface area contributed by atoms with Gasteiger partial charge in [0.05, 0.1) is 6.61 Å². The van der Waals surface area contributed by atoms with Gasteiger partial charge in [0.25, 0.3) is 0 Å². The van der Waals surface area contributed by atoms with Crippen molar-refractivity contribution in [2.24, 2.45) is 0 Å². The van der Waals surface area contributed by atoms with Crippen molar-refractivity contribution in [1.82, 2.24) is 0 Å². The lowest BCUT2D eigenvalue weighted by molar-refractivity contribution is -0.298. The molecule has 0 radical (unpaired) electrons. The molecule has 36 heavy (non-hydrogen) atoms. The minimum absolute atomic E-state index is 0.125. The molecule has 2 aromatic carbocycles. The quantitative estimate of drug-likeness (QED) is 0.161. The highest BCUT2D eigenvalue weighted by Gasteiger charge is 2.21. The lowest BCUT2D eigenvalue weighted by Gasteiger charge is -2.22. The first-order chi connectivity index (χ1) is 16.7. The molecule has 0 saturated heterocycles. The fourth-order valence-electron chi connectivity index (χ4n) is 4.10. The van der Waals surface area contributed by atoms with E-state index in [0.717, 1.165) is 46.2 Å². The van der Waals surface area contributed by atoms with Crippen molar-refractivity contribution < 1.29 is 29.5 Å². The van der Waals surface area contributed by atoms with Gasteiger partial charge in [0.15, 0.2) is 0 Å². The maximum Gasteiger partial charge on any atom is 0.306 e. The van der Waals surface area contributed by atoms with Crippen LogP contribution in [0.5, 0.6) is 11.5 Å². The van der Waals surface area contributed by atoms with Crippen LogP contribution < -0.4 is 0 Å². The summed E-state index contributed by atoms with van der Waals surface area (Å²) < 4.78 is 5.24. The van der Waals surface area contributed by atoms with Crippen LogP contribution in [0.15, 0.2) is 24.3 Å². The average molecular weight is 501 g/mol. The molecule has 0 spiro atoms. The molecule has 0 aliphatic rings. The number of phenolic OH excluding ortho intramolecular Hbond substituents is 2. The second-order valence-electron chi connectivity index (χ2n) is 11.6. The number of hydrogen-bond donors (Lipinski definition) is 2. The summed E-state index contributed by atoms with van der Waals surface area (Å²) in [5.41, 5.74) is 5.38. The van der Waals surface area contributed by atoms with Crippen LogP contribution in [-0.4, -0.2) is 36.0 Å². The van der Waals surface area contributed by atoms with Crippen LogP contribution in [0.1, 0.15) is 87.8 Å². The number of carbonyl (C=O) groups is 1. The highest BCUT2D eigenvalue weighted by atomic mass is 17.2. The molecule has 0 bridgehead atoms. The van der Waals surface area contributed by atoms with Crippen LogP contribution in [0.2, 0.25) is 0 Å². The third-order valence-corrected chi connectivity index (χ3v) is 6.16. The van der Waals surface area contributed by atoms with E-state index in [9.17, 15) is 15.0 Å². The van der Waals surface area contributed by atoms with E-state index in [4.69, 9.17) is 14.5 Å². The fraction of sp³-hybridized carbons (Fsp3) is 0.567. The summed E-state index contributed by atoms with van der Waals surface area (Å²) in [5, 5.41) is 20.7. The lowest BCUT2D eigenvalue weighted by atomic mass is 9.83. The van der Waals surface area contributed by atoms with Crippen molar-refractivity contribution in [3.8, 4) is 11.5 Å². The first kappa shape index (κ1) is 29.7. The summed E-state index contributed by atoms with van der Waals surface area (Å²) in [5.74, 6) is 0.394. The predicted molar refractivity (Wildman–Crippen MR) is 143 cm³/mol. The number of hydrogen-bond acceptors (Lipinski definition) is 6. The Bertz CT molecular complexity index is 1030. The van der Waals surface area contributed by atoms with Crippen LogP contribution >= 0.6 is 0 Å². The Morgan fingerprint density at radius 2 is 1.19 bits per heavy atom. The zero-order valence-electron chi connectivity index (χ0n) is 23.3. The van der Waals surface area contributed by atoms with E-state index in [0.29, 0.717) is 24.5 Å². The Labute approximate surface area is 216 Å². The maximum absolute atomic E-state index is 12.1. The fourth-order valence-corrected chi connectivity index (χ4v) is 4.10. The number of rotatable bonds is 11. The molecule has 2 aromatic rings. The van der Waals surface area contributed by atoms with Gasteiger partial charge in [0, 0.05) is 6.42 Å². The van der Waals surface area contributed by atoms with E-state index in [1.807, 2.05) is 32.0 Å². The summed E-state index contributed by atoms with van der Waals surface area (Å²) in [6, 6.07) is 7.95. The van der Waals surface area contributed by atoms with Gasteiger partial charge in [0.1, 0.15) is 24.7 Å². The topological polar surface area (TPSA) is 85.2 Å². The van der Waals surface area contributed by atoms with Crippen molar-refractivity contribution in [3.05, 3.63) is 57.6 Å². The van der Waals surface area contributed by atoms with E-state index >= 15 is 0 Å². The zero-order chi connectivity index (χ0) is 27.1. The molecule has 0 amide bonds. The van der Waals surface area contributed by atoms with Gasteiger partial charge in [-0.2, -0.15) is 0 Å². The number of aryl methyl sites for hydroxylation is 4. The molecule has 6 nitrogen and oxygen atoms in total. The van der Waals surface area contributed by atoms with Crippen molar-refractivity contribution in [1.29, 1.82) is 0 Å². The molecule has 0 aliphatic heterocycles. The molecule has 0 aromatic heterocycles. The molecular weight excluding hydrogens is 456 g/mol. The maximum atomic E-state index is 12.1. The summed E-state index contributed by atoms with van der Waals surface area (Å²) >= 11 is 0. The van der Waals surface area contributed by atoms with Crippen LogP contribution in [0.25, 0.3) is 0 Å². The Balaban J connectivity index is 1.65. The highest BCUT2D eigenvalue weighted by molar-refractivity contribution is 5.69. The van der Waals surface area contributed by atoms with Gasteiger partial charge >= 0.3 is 5.97 Å². The van der Waals surface area contributed by atoms with E-state index < -0.39 is 0 Å². The molecule has 0 aliphatic carbocycles. The Kier molecular flexibility index (Phi) is 10.4. The van der Waals surface area contributed by atoms with Crippen molar-refractivity contribution in [2.75, 3.05) is 19.8 Å². The van der Waals surface area contributed by atoms with Gasteiger partial charge < -0.3 is 14.9 Å². The van der Waals surface area contributed by atoms with Gasteiger partial charge in [-0.15, -0.1) is 0 Å². The second-order valence-corrected chi connectivity index (χ2v) is 11.6. The van der Waals surface area contributed by atoms with Gasteiger partial charge in [-0.05, 0) is 77.3 Å². The van der Waals surface area contributed by atoms with Crippen LogP contribution in [0.3, 0.4) is 0 Å². The summed E-state index contributed by atoms with van der Waals surface area (Å²) in [6.45, 7) is 17.0. The highest BCUT2D eigenvalue weighted by Crippen LogP contribution is 2.35. The van der Waals surface area contributed by atoms with Crippen molar-refractivity contribution in [2.45, 2.75) is 91.9 Å². The summed E-state index contributed by atoms with van der Waals surface area (Å²) in [6.07, 6.45) is 2.40. The minimum Gasteiger partial charge on any atom is -0.507 e. The monoisotopic (exact) mass is 500 g/mol. The standard InChI is InChI=1S/C30H44O6/c1-20-16-22(18-24(27(20)32)29(3,4)5)10-9-13-35-36-15-14-34-26(31)12-11-23-17-21(2)28(33)25(19-23)30(6,7)8/h16-19,32-33H,9-15H2,1-8H3. The molecular formula is C30H44O6. The number of phenols is 2. The molecule has 0 saturated carbocycles. The molecule has 6 heteroatoms. The van der Waals surface area contributed by atoms with E-state index in [1.54, 1.807) is 0 Å². The third kappa shape index (κ3) is 8.82. The number of benzene rings is 2. The van der Waals surface area contributed by atoms with Gasteiger partial charge in [-0.25, -0.2) is 9.78 Å². The average Bonchev–Trinajstić information content (AvgIpc) is 2.76. The number of aromatic hydroxyl groups is 2. The van der Waals surface area contributed by atoms with E-state index in [-0.39, 0.29) is 36.4 Å². The van der Waals surface area contributed by atoms with E-state index in [2.05, 4.69) is 47.6 Å². The van der Waals surface area contributed by atoms with Gasteiger partial charge in [-0.3, -0.25) is 4.79 Å².